The molecule has 0 bridgehead atoms. The van der Waals surface area contributed by atoms with Gasteiger partial charge < -0.3 is 24.7 Å². The van der Waals surface area contributed by atoms with Gasteiger partial charge in [0.2, 0.25) is 0 Å². The minimum absolute atomic E-state index is 0.0740. The van der Waals surface area contributed by atoms with Crippen molar-refractivity contribution in [1.82, 2.24) is 4.98 Å². The first-order chi connectivity index (χ1) is 21.1. The molecule has 3 aromatic rings. The van der Waals surface area contributed by atoms with Gasteiger partial charge in [-0.3, -0.25) is 0 Å². The summed E-state index contributed by atoms with van der Waals surface area (Å²) >= 11 is 4.98. The van der Waals surface area contributed by atoms with Crippen molar-refractivity contribution in [2.75, 3.05) is 18.9 Å². The number of hydrogen-bond acceptors (Lipinski definition) is 8. The summed E-state index contributed by atoms with van der Waals surface area (Å²) in [6, 6.07) is 10.5. The monoisotopic (exact) mass is 632 g/mol. The molecule has 3 N–H and O–H groups in total. The Labute approximate surface area is 266 Å². The molecule has 44 heavy (non-hydrogen) atoms. The Balaban J connectivity index is 0.000000359. The lowest BCUT2D eigenvalue weighted by molar-refractivity contribution is 0.0698. The van der Waals surface area contributed by atoms with Gasteiger partial charge in [0.1, 0.15) is 0 Å². The Hall–Kier alpha value is -3.59. The number of nitrogens with two attached hydrogens (primary N) is 1. The third-order valence-corrected chi connectivity index (χ3v) is 6.75. The van der Waals surface area contributed by atoms with Crippen LogP contribution in [0.25, 0.3) is 10.9 Å². The first kappa shape index (κ1) is 38.4. The maximum atomic E-state index is 11.9. The number of rotatable bonds is 16. The number of ether oxygens (including phenoxy) is 2. The molecule has 0 aliphatic rings. The highest BCUT2D eigenvalue weighted by molar-refractivity contribution is 6.61. The molecule has 0 radical (unpaired) electrons. The van der Waals surface area contributed by atoms with Crippen LogP contribution in [0.3, 0.4) is 0 Å². The van der Waals surface area contributed by atoms with Gasteiger partial charge in [0.15, 0.2) is 0 Å². The molecule has 0 fully saturated rings. The van der Waals surface area contributed by atoms with E-state index in [0.717, 1.165) is 36.8 Å². The van der Waals surface area contributed by atoms with Gasteiger partial charge in [0.05, 0.1) is 29.7 Å². The summed E-state index contributed by atoms with van der Waals surface area (Å²) in [5, 5.41) is 9.11. The molecule has 0 unspecified atom stereocenters. The number of fused-ring (bicyclic) bond motifs is 1. The molecule has 0 atom stereocenters. The van der Waals surface area contributed by atoms with Crippen LogP contribution in [0.5, 0.6) is 6.08 Å². The fourth-order valence-corrected chi connectivity index (χ4v) is 4.24. The second-order valence-electron chi connectivity index (χ2n) is 10.7. The van der Waals surface area contributed by atoms with E-state index in [2.05, 4.69) is 23.6 Å². The number of carbonyl (C=O) groups is 2. The van der Waals surface area contributed by atoms with Crippen LogP contribution in [-0.2, 0) is 4.74 Å². The molecule has 1 heterocycles. The molecular weight excluding hydrogens is 584 g/mol. The molecule has 0 aliphatic carbocycles. The number of nitrogen functional groups attached to an aromatic ring is 1. The average molecular weight is 633 g/mol. The molecule has 0 saturated heterocycles. The Morgan fingerprint density at radius 3 is 1.95 bits per heavy atom. The Morgan fingerprint density at radius 2 is 1.39 bits per heavy atom. The first-order valence-corrected chi connectivity index (χ1v) is 15.9. The quantitative estimate of drug-likeness (QED) is 0.0897. The van der Waals surface area contributed by atoms with Crippen molar-refractivity contribution in [3.63, 3.8) is 0 Å². The number of aromatic nitrogens is 1. The van der Waals surface area contributed by atoms with E-state index < -0.39 is 11.4 Å². The van der Waals surface area contributed by atoms with E-state index in [-0.39, 0.29) is 17.3 Å². The predicted molar refractivity (Wildman–Crippen MR) is 177 cm³/mol. The number of hydrogen-bond donors (Lipinski definition) is 2. The Morgan fingerprint density at radius 1 is 0.841 bits per heavy atom. The highest BCUT2D eigenvalue weighted by Gasteiger charge is 2.08. The van der Waals surface area contributed by atoms with Crippen molar-refractivity contribution in [1.29, 1.82) is 0 Å². The lowest BCUT2D eigenvalue weighted by atomic mass is 10.1. The van der Waals surface area contributed by atoms with Gasteiger partial charge in [0, 0.05) is 17.3 Å². The van der Waals surface area contributed by atoms with Crippen LogP contribution >= 0.6 is 11.6 Å². The number of carboxylic acids is 1. The largest absolute Gasteiger partial charge is 0.478 e. The average Bonchev–Trinajstić information content (AvgIpc) is 2.98. The fraction of sp³-hybridized carbons (Fsp3) is 0.529. The topological polar surface area (TPSA) is 142 Å². The minimum Gasteiger partial charge on any atom is -0.478 e. The summed E-state index contributed by atoms with van der Waals surface area (Å²) in [6.07, 6.45) is 14.4. The van der Waals surface area contributed by atoms with Crippen LogP contribution in [0.2, 0.25) is 0 Å². The number of carboxylic acid groups (broad SMARTS) is 1. The standard InChI is InChI=1S/C17H23NO3.C9H17ClO2.C8H9NO2/c1-3-4-5-6-7-8-11-20-17-18-15-10-9-13(2)12-14(15)16(19)21-17;1-2-3-4-5-6-7-8-12-9(10)11;1-5-2-3-7(9)6(4-5)8(10)11/h9-10,12H,3-8,11H2,1-2H3;2-8H2,1H3;2-4H,9H2,1H3,(H,10,11). The summed E-state index contributed by atoms with van der Waals surface area (Å²) in [6.45, 7) is 9.16. The van der Waals surface area contributed by atoms with E-state index in [9.17, 15) is 14.4 Å². The third-order valence-electron chi connectivity index (χ3n) is 6.64. The summed E-state index contributed by atoms with van der Waals surface area (Å²) in [5.74, 6) is -0.980. The zero-order valence-corrected chi connectivity index (χ0v) is 27.4. The van der Waals surface area contributed by atoms with Gasteiger partial charge >= 0.3 is 23.1 Å². The number of halogens is 1. The molecule has 1 aromatic heterocycles. The number of aromatic carboxylic acids is 1. The van der Waals surface area contributed by atoms with E-state index in [4.69, 9.17) is 31.6 Å². The van der Waals surface area contributed by atoms with Gasteiger partial charge in [-0.25, -0.2) is 14.4 Å². The van der Waals surface area contributed by atoms with Crippen LogP contribution in [0, 0.1) is 13.8 Å². The maximum Gasteiger partial charge on any atom is 0.403 e. The maximum absolute atomic E-state index is 11.9. The zero-order chi connectivity index (χ0) is 32.7. The van der Waals surface area contributed by atoms with Gasteiger partial charge in [0.25, 0.3) is 0 Å². The van der Waals surface area contributed by atoms with Crippen molar-refractivity contribution in [2.45, 2.75) is 105 Å². The minimum atomic E-state index is -0.980. The second kappa shape index (κ2) is 22.9. The van der Waals surface area contributed by atoms with Crippen LogP contribution in [-0.4, -0.2) is 34.7 Å². The lowest BCUT2D eigenvalue weighted by Crippen LogP contribution is -2.06. The number of anilines is 1. The van der Waals surface area contributed by atoms with E-state index >= 15 is 0 Å². The smallest absolute Gasteiger partial charge is 0.403 e. The highest BCUT2D eigenvalue weighted by atomic mass is 35.5. The Bertz CT molecular complexity index is 1330. The van der Waals surface area contributed by atoms with Gasteiger partial charge in [-0.15, -0.1) is 0 Å². The Kier molecular flexibility index (Phi) is 20.0. The van der Waals surface area contributed by atoms with Crippen LogP contribution in [0.1, 0.15) is 112 Å². The lowest BCUT2D eigenvalue weighted by Gasteiger charge is -2.04. The zero-order valence-electron chi connectivity index (χ0n) is 26.7. The summed E-state index contributed by atoms with van der Waals surface area (Å²) in [4.78, 5) is 36.7. The molecule has 3 rings (SSSR count). The molecule has 0 amide bonds. The molecule has 0 saturated carbocycles. The molecule has 2 aromatic carbocycles. The molecule has 0 aliphatic heterocycles. The van der Waals surface area contributed by atoms with Gasteiger partial charge in [-0.2, -0.15) is 4.98 Å². The van der Waals surface area contributed by atoms with Crippen LogP contribution < -0.4 is 16.1 Å². The van der Waals surface area contributed by atoms with Crippen molar-refractivity contribution in [3.8, 4) is 6.08 Å². The van der Waals surface area contributed by atoms with Crippen molar-refractivity contribution < 1.29 is 28.6 Å². The second-order valence-corrected chi connectivity index (χ2v) is 11.0. The number of nitrogens with zero attached hydrogens (tertiary/aromatic N) is 1. The van der Waals surface area contributed by atoms with E-state index in [1.165, 1.54) is 51.4 Å². The molecule has 0 spiro atoms. The molecule has 9 nitrogen and oxygen atoms in total. The molecular formula is C34H49ClN2O7. The SMILES string of the molecule is CCCCCCCCOC(=O)Cl.CCCCCCCCOc1nc2ccc(C)cc2c(=O)o1.Cc1ccc(N)c(C(=O)O)c1. The van der Waals surface area contributed by atoms with E-state index in [1.54, 1.807) is 24.3 Å². The number of aryl methyl sites for hydroxylation is 2. The fourth-order valence-electron chi connectivity index (χ4n) is 4.16. The molecule has 244 valence electrons. The first-order valence-electron chi connectivity index (χ1n) is 15.5. The third kappa shape index (κ3) is 16.9. The highest BCUT2D eigenvalue weighted by Crippen LogP contribution is 2.15. The van der Waals surface area contributed by atoms with E-state index in [0.29, 0.717) is 29.8 Å². The number of benzene rings is 2. The van der Waals surface area contributed by atoms with Gasteiger partial charge in [-0.05, 0) is 51.0 Å². The predicted octanol–water partition coefficient (Wildman–Crippen LogP) is 9.23. The summed E-state index contributed by atoms with van der Waals surface area (Å²) in [7, 11) is 0. The number of unbranched alkanes of at least 4 members (excludes halogenated alkanes) is 10. The van der Waals surface area contributed by atoms with Crippen LogP contribution in [0.4, 0.5) is 10.5 Å². The molecule has 10 heteroatoms. The summed E-state index contributed by atoms with van der Waals surface area (Å²) in [5.41, 5.74) is 7.34. The van der Waals surface area contributed by atoms with Crippen molar-refractivity contribution in [3.05, 3.63) is 63.5 Å². The van der Waals surface area contributed by atoms with Crippen LogP contribution in [0.15, 0.2) is 45.6 Å². The normalized spacial score (nSPS) is 10.3. The summed E-state index contributed by atoms with van der Waals surface area (Å²) < 4.78 is 15.1. The van der Waals surface area contributed by atoms with Crippen molar-refractivity contribution in [2.24, 2.45) is 0 Å². The van der Waals surface area contributed by atoms with Gasteiger partial charge in [-0.1, -0.05) is 101 Å². The van der Waals surface area contributed by atoms with Crippen molar-refractivity contribution >= 4 is 39.6 Å². The number of carbonyl (C=O) groups excluding carboxylic acids is 1. The van der Waals surface area contributed by atoms with E-state index in [1.807, 2.05) is 26.0 Å².